The Morgan fingerprint density at radius 2 is 2.04 bits per heavy atom. The van der Waals surface area contributed by atoms with Crippen molar-refractivity contribution in [1.82, 2.24) is 4.98 Å². The molecule has 0 saturated heterocycles. The van der Waals surface area contributed by atoms with Crippen molar-refractivity contribution in [2.24, 2.45) is 11.0 Å². The van der Waals surface area contributed by atoms with Gasteiger partial charge in [-0.1, -0.05) is 12.1 Å². The first-order valence-electron chi connectivity index (χ1n) is 8.39. The number of ether oxygens (including phenoxy) is 1. The Hall–Kier alpha value is -3.36. The average molecular weight is 388 g/mol. The second-order valence-corrected chi connectivity index (χ2v) is 6.34. The molecular weight excluding hydrogens is 370 g/mol. The number of methoxy groups -OCH3 is 1. The van der Waals surface area contributed by atoms with E-state index in [1.54, 1.807) is 19.1 Å². The second kappa shape index (κ2) is 7.34. The van der Waals surface area contributed by atoms with Crippen molar-refractivity contribution >= 4 is 29.0 Å². The lowest BCUT2D eigenvalue weighted by Crippen LogP contribution is -2.36. The number of rotatable bonds is 5. The van der Waals surface area contributed by atoms with E-state index in [9.17, 15) is 18.4 Å². The van der Waals surface area contributed by atoms with Crippen molar-refractivity contribution in [3.8, 4) is 5.75 Å². The number of carbonyl (C=O) groups is 2. The fraction of sp³-hybridized carbons (Fsp3) is 0.263. The minimum Gasteiger partial charge on any atom is -0.495 e. The Bertz CT molecular complexity index is 939. The Labute approximate surface area is 160 Å². The number of amides is 2. The van der Waals surface area contributed by atoms with Crippen LogP contribution in [0.4, 0.5) is 20.3 Å². The molecule has 146 valence electrons. The summed E-state index contributed by atoms with van der Waals surface area (Å²) in [5.41, 5.74) is 0.209. The van der Waals surface area contributed by atoms with Crippen LogP contribution in [0.15, 0.2) is 47.7 Å². The fourth-order valence-corrected chi connectivity index (χ4v) is 2.73. The van der Waals surface area contributed by atoms with E-state index in [0.717, 1.165) is 11.9 Å². The molecule has 2 amide bonds. The third kappa shape index (κ3) is 3.83. The van der Waals surface area contributed by atoms with Gasteiger partial charge in [0.2, 0.25) is 5.91 Å². The summed E-state index contributed by atoms with van der Waals surface area (Å²) in [6, 6.07) is 8.48. The maximum atomic E-state index is 13.5. The van der Waals surface area contributed by atoms with Gasteiger partial charge in [-0.05, 0) is 31.2 Å². The molecule has 3 rings (SSSR count). The van der Waals surface area contributed by atoms with Crippen LogP contribution in [0, 0.1) is 5.92 Å². The van der Waals surface area contributed by atoms with Gasteiger partial charge < -0.3 is 10.1 Å². The molecule has 0 radical (unpaired) electrons. The standard InChI is InChI=1S/C19H18F2N4O3/c1-11-16(17(26)23-13-6-4-5-12(9-13)19(2,20)21)18(27)25(24-11)15-8-7-14(28-3)10-22-15/h4-10,16H,1-3H3,(H,23,26). The molecule has 28 heavy (non-hydrogen) atoms. The quantitative estimate of drug-likeness (QED) is 0.798. The summed E-state index contributed by atoms with van der Waals surface area (Å²) in [7, 11) is 1.49. The summed E-state index contributed by atoms with van der Waals surface area (Å²) in [6.45, 7) is 2.31. The third-order valence-corrected chi connectivity index (χ3v) is 4.20. The van der Waals surface area contributed by atoms with Crippen molar-refractivity contribution in [1.29, 1.82) is 0 Å². The zero-order chi connectivity index (χ0) is 20.5. The first kappa shape index (κ1) is 19.4. The van der Waals surface area contributed by atoms with Crippen LogP contribution >= 0.6 is 0 Å². The van der Waals surface area contributed by atoms with Crippen LogP contribution in [0.25, 0.3) is 0 Å². The number of hydrogen-bond donors (Lipinski definition) is 1. The number of carbonyl (C=O) groups excluding carboxylic acids is 2. The van der Waals surface area contributed by atoms with Crippen LogP contribution < -0.4 is 15.1 Å². The molecule has 1 aliphatic rings. The van der Waals surface area contributed by atoms with E-state index in [1.165, 1.54) is 37.6 Å². The number of benzene rings is 1. The molecule has 1 aliphatic heterocycles. The molecule has 0 aliphatic carbocycles. The zero-order valence-electron chi connectivity index (χ0n) is 15.4. The zero-order valence-corrected chi connectivity index (χ0v) is 15.4. The maximum Gasteiger partial charge on any atom is 0.270 e. The SMILES string of the molecule is COc1ccc(N2N=C(C)C(C(=O)Nc3cccc(C(C)(F)F)c3)C2=O)nc1. The number of halogens is 2. The normalized spacial score (nSPS) is 16.8. The van der Waals surface area contributed by atoms with Crippen molar-refractivity contribution in [3.63, 3.8) is 0 Å². The van der Waals surface area contributed by atoms with Gasteiger partial charge in [0.25, 0.3) is 11.8 Å². The highest BCUT2D eigenvalue weighted by molar-refractivity contribution is 6.28. The lowest BCUT2D eigenvalue weighted by molar-refractivity contribution is -0.127. The van der Waals surface area contributed by atoms with Gasteiger partial charge in [0.1, 0.15) is 5.75 Å². The molecule has 1 N–H and O–H groups in total. The number of hydrazone groups is 1. The van der Waals surface area contributed by atoms with Crippen molar-refractivity contribution in [2.45, 2.75) is 19.8 Å². The van der Waals surface area contributed by atoms with Gasteiger partial charge in [0.05, 0.1) is 19.0 Å². The number of alkyl halides is 2. The molecule has 1 unspecified atom stereocenters. The minimum absolute atomic E-state index is 0.172. The Kier molecular flexibility index (Phi) is 5.08. The Morgan fingerprint density at radius 3 is 2.64 bits per heavy atom. The van der Waals surface area contributed by atoms with Gasteiger partial charge in [0.15, 0.2) is 11.7 Å². The molecule has 9 heteroatoms. The van der Waals surface area contributed by atoms with E-state index in [0.29, 0.717) is 5.75 Å². The van der Waals surface area contributed by atoms with Gasteiger partial charge in [-0.3, -0.25) is 9.59 Å². The van der Waals surface area contributed by atoms with Crippen LogP contribution in [0.2, 0.25) is 0 Å². The fourth-order valence-electron chi connectivity index (χ4n) is 2.73. The highest BCUT2D eigenvalue weighted by Gasteiger charge is 2.40. The summed E-state index contributed by atoms with van der Waals surface area (Å²) in [4.78, 5) is 29.4. The van der Waals surface area contributed by atoms with E-state index in [4.69, 9.17) is 4.74 Å². The average Bonchev–Trinajstić information content (AvgIpc) is 2.95. The van der Waals surface area contributed by atoms with E-state index in [-0.39, 0.29) is 22.8 Å². The van der Waals surface area contributed by atoms with Crippen LogP contribution in [0.3, 0.4) is 0 Å². The van der Waals surface area contributed by atoms with Gasteiger partial charge in [-0.15, -0.1) is 0 Å². The monoisotopic (exact) mass is 388 g/mol. The molecule has 2 heterocycles. The van der Waals surface area contributed by atoms with Crippen LogP contribution in [-0.2, 0) is 15.5 Å². The number of anilines is 2. The molecule has 1 atom stereocenters. The van der Waals surface area contributed by atoms with Gasteiger partial charge in [-0.25, -0.2) is 13.8 Å². The number of nitrogens with one attached hydrogen (secondary N) is 1. The summed E-state index contributed by atoms with van der Waals surface area (Å²) in [5, 5.41) is 7.66. The summed E-state index contributed by atoms with van der Waals surface area (Å²) in [5.74, 6) is -4.69. The summed E-state index contributed by atoms with van der Waals surface area (Å²) in [6.07, 6.45) is 1.43. The van der Waals surface area contributed by atoms with Gasteiger partial charge in [-0.2, -0.15) is 10.1 Å². The number of hydrogen-bond acceptors (Lipinski definition) is 5. The first-order chi connectivity index (χ1) is 13.2. The molecule has 1 aromatic heterocycles. The maximum absolute atomic E-state index is 13.5. The molecule has 1 aromatic carbocycles. The predicted molar refractivity (Wildman–Crippen MR) is 99.5 cm³/mol. The van der Waals surface area contributed by atoms with Crippen molar-refractivity contribution in [3.05, 3.63) is 48.2 Å². The van der Waals surface area contributed by atoms with Crippen LogP contribution in [-0.4, -0.2) is 29.6 Å². The van der Waals surface area contributed by atoms with E-state index >= 15 is 0 Å². The lowest BCUT2D eigenvalue weighted by atomic mass is 10.0. The molecule has 0 bridgehead atoms. The molecular formula is C19H18F2N4O3. The van der Waals surface area contributed by atoms with Crippen molar-refractivity contribution in [2.75, 3.05) is 17.4 Å². The van der Waals surface area contributed by atoms with E-state index < -0.39 is 23.7 Å². The smallest absolute Gasteiger partial charge is 0.270 e. The van der Waals surface area contributed by atoms with Crippen molar-refractivity contribution < 1.29 is 23.1 Å². The first-order valence-corrected chi connectivity index (χ1v) is 8.39. The van der Waals surface area contributed by atoms with E-state index in [2.05, 4.69) is 15.4 Å². The topological polar surface area (TPSA) is 83.9 Å². The van der Waals surface area contributed by atoms with Gasteiger partial charge in [0, 0.05) is 18.2 Å². The Morgan fingerprint density at radius 1 is 1.29 bits per heavy atom. The molecule has 0 fully saturated rings. The largest absolute Gasteiger partial charge is 0.495 e. The lowest BCUT2D eigenvalue weighted by Gasteiger charge is -2.15. The highest BCUT2D eigenvalue weighted by Crippen LogP contribution is 2.29. The second-order valence-electron chi connectivity index (χ2n) is 6.34. The number of aromatic nitrogens is 1. The predicted octanol–water partition coefficient (Wildman–Crippen LogP) is 3.18. The highest BCUT2D eigenvalue weighted by atomic mass is 19.3. The van der Waals surface area contributed by atoms with Crippen LogP contribution in [0.1, 0.15) is 19.4 Å². The summed E-state index contributed by atoms with van der Waals surface area (Å²) >= 11 is 0. The molecule has 0 spiro atoms. The van der Waals surface area contributed by atoms with Crippen LogP contribution in [0.5, 0.6) is 5.75 Å². The number of pyridine rings is 1. The molecule has 2 aromatic rings. The molecule has 7 nitrogen and oxygen atoms in total. The Balaban J connectivity index is 1.77. The third-order valence-electron chi connectivity index (χ3n) is 4.20. The van der Waals surface area contributed by atoms with E-state index in [1.807, 2.05) is 0 Å². The number of nitrogens with zero attached hydrogens (tertiary/aromatic N) is 3. The summed E-state index contributed by atoms with van der Waals surface area (Å²) < 4.78 is 32.0. The van der Waals surface area contributed by atoms with Gasteiger partial charge >= 0.3 is 0 Å². The molecule has 0 saturated carbocycles. The minimum atomic E-state index is -3.04.